The molecule has 0 fully saturated rings. The molecular formula is C17H10N3O. The van der Waals surface area contributed by atoms with Crippen LogP contribution in [0.4, 0.5) is 0 Å². The van der Waals surface area contributed by atoms with Gasteiger partial charge in [-0.1, -0.05) is 0 Å². The topological polar surface area (TPSA) is 51.8 Å². The lowest BCUT2D eigenvalue weighted by Crippen LogP contribution is -1.89. The molecule has 0 unspecified atom stereocenters. The number of nitrogens with zero attached hydrogens (tertiary/aromatic N) is 3. The molecule has 0 saturated heterocycles. The predicted molar refractivity (Wildman–Crippen MR) is 79.3 cm³/mol. The highest BCUT2D eigenvalue weighted by Gasteiger charge is 2.06. The maximum Gasteiger partial charge on any atom is 0.170 e. The molecule has 3 heterocycles. The molecule has 0 aliphatic carbocycles. The summed E-state index contributed by atoms with van der Waals surface area (Å²) in [6, 6.07) is 13.3. The number of fused-ring (bicyclic) bond motifs is 1. The van der Waals surface area contributed by atoms with E-state index < -0.39 is 0 Å². The van der Waals surface area contributed by atoms with E-state index in [2.05, 4.69) is 21.2 Å². The molecule has 21 heavy (non-hydrogen) atoms. The van der Waals surface area contributed by atoms with Gasteiger partial charge in [-0.05, 0) is 42.5 Å². The molecule has 4 aromatic rings. The number of hydrogen-bond donors (Lipinski definition) is 0. The number of rotatable bonds is 2. The highest BCUT2D eigenvalue weighted by Crippen LogP contribution is 2.24. The highest BCUT2D eigenvalue weighted by atomic mass is 16.3. The van der Waals surface area contributed by atoms with Gasteiger partial charge in [0, 0.05) is 23.5 Å². The van der Waals surface area contributed by atoms with Gasteiger partial charge >= 0.3 is 0 Å². The predicted octanol–water partition coefficient (Wildman–Crippen LogP) is 3.75. The molecular weight excluding hydrogens is 262 g/mol. The Labute approximate surface area is 121 Å². The summed E-state index contributed by atoms with van der Waals surface area (Å²) in [5, 5.41) is 0. The average Bonchev–Trinajstić information content (AvgIpc) is 3.09. The summed E-state index contributed by atoms with van der Waals surface area (Å²) in [4.78, 5) is 13.1. The van der Waals surface area contributed by atoms with E-state index in [1.54, 1.807) is 24.7 Å². The van der Waals surface area contributed by atoms with Crippen molar-refractivity contribution in [3.05, 3.63) is 67.3 Å². The van der Waals surface area contributed by atoms with Gasteiger partial charge in [-0.15, -0.1) is 0 Å². The van der Waals surface area contributed by atoms with Crippen molar-refractivity contribution in [2.24, 2.45) is 0 Å². The van der Waals surface area contributed by atoms with E-state index in [9.17, 15) is 0 Å². The van der Waals surface area contributed by atoms with Crippen LogP contribution in [0.3, 0.4) is 0 Å². The Kier molecular flexibility index (Phi) is 2.71. The van der Waals surface area contributed by atoms with Crippen LogP contribution in [0.2, 0.25) is 0 Å². The third kappa shape index (κ3) is 2.17. The minimum absolute atomic E-state index is 0.771. The first-order valence-electron chi connectivity index (χ1n) is 6.54. The first kappa shape index (κ1) is 11.8. The summed E-state index contributed by atoms with van der Waals surface area (Å²) in [5.74, 6) is 0.771. The van der Waals surface area contributed by atoms with Gasteiger partial charge in [-0.25, -0.2) is 4.98 Å². The molecule has 99 valence electrons. The van der Waals surface area contributed by atoms with E-state index in [0.29, 0.717) is 0 Å². The largest absolute Gasteiger partial charge is 0.453 e. The molecule has 0 saturated carbocycles. The summed E-state index contributed by atoms with van der Waals surface area (Å²) >= 11 is 0. The van der Waals surface area contributed by atoms with E-state index in [0.717, 1.165) is 33.6 Å². The third-order valence-corrected chi connectivity index (χ3v) is 3.27. The maximum absolute atomic E-state index is 5.30. The molecule has 0 atom stereocenters. The summed E-state index contributed by atoms with van der Waals surface area (Å²) in [6.45, 7) is 0. The molecule has 4 nitrogen and oxygen atoms in total. The first-order chi connectivity index (χ1) is 10.4. The van der Waals surface area contributed by atoms with E-state index in [4.69, 9.17) is 4.42 Å². The number of benzene rings is 1. The summed E-state index contributed by atoms with van der Waals surface area (Å²) in [5.41, 5.74) is 4.47. The molecule has 0 bridgehead atoms. The second-order valence-corrected chi connectivity index (χ2v) is 4.61. The zero-order valence-electron chi connectivity index (χ0n) is 11.0. The van der Waals surface area contributed by atoms with Crippen LogP contribution in [0.1, 0.15) is 0 Å². The lowest BCUT2D eigenvalue weighted by molar-refractivity contribution is 0.573. The molecule has 4 heteroatoms. The fourth-order valence-corrected chi connectivity index (χ4v) is 2.22. The minimum Gasteiger partial charge on any atom is -0.453 e. The van der Waals surface area contributed by atoms with E-state index in [1.165, 1.54) is 0 Å². The van der Waals surface area contributed by atoms with Crippen LogP contribution in [0.5, 0.6) is 0 Å². The lowest BCUT2D eigenvalue weighted by atomic mass is 10.1. The van der Waals surface area contributed by atoms with Gasteiger partial charge in [0.25, 0.3) is 0 Å². The number of furan rings is 1. The molecule has 4 rings (SSSR count). The second-order valence-electron chi connectivity index (χ2n) is 4.61. The lowest BCUT2D eigenvalue weighted by Gasteiger charge is -2.04. The summed E-state index contributed by atoms with van der Waals surface area (Å²) < 4.78 is 5.30. The molecule has 1 radical (unpaired) electrons. The third-order valence-electron chi connectivity index (χ3n) is 3.27. The van der Waals surface area contributed by atoms with Crippen LogP contribution in [0.25, 0.3) is 33.6 Å². The number of aromatic nitrogens is 3. The Morgan fingerprint density at radius 1 is 0.905 bits per heavy atom. The van der Waals surface area contributed by atoms with Gasteiger partial charge in [0.2, 0.25) is 0 Å². The van der Waals surface area contributed by atoms with E-state index in [-0.39, 0.29) is 0 Å². The van der Waals surface area contributed by atoms with Crippen molar-refractivity contribution < 1.29 is 4.42 Å². The standard InChI is InChI=1S/C17H10N3O/c1-2-17(21-9-1)13-3-4-14-15(10-13)20-16(11-19-14)12-5-7-18-8-6-12/h1-8,10-11H. The summed E-state index contributed by atoms with van der Waals surface area (Å²) in [7, 11) is 0. The van der Waals surface area contributed by atoms with Gasteiger partial charge in [-0.3, -0.25) is 9.97 Å². The number of hydrogen-bond acceptors (Lipinski definition) is 4. The summed E-state index contributed by atoms with van der Waals surface area (Å²) in [6.07, 6.45) is 7.96. The smallest absolute Gasteiger partial charge is 0.170 e. The Hall–Kier alpha value is -3.01. The van der Waals surface area contributed by atoms with E-state index in [1.807, 2.05) is 36.4 Å². The van der Waals surface area contributed by atoms with Gasteiger partial charge < -0.3 is 4.42 Å². The van der Waals surface area contributed by atoms with Crippen molar-refractivity contribution in [1.82, 2.24) is 15.0 Å². The zero-order chi connectivity index (χ0) is 14.1. The normalized spacial score (nSPS) is 10.9. The fourth-order valence-electron chi connectivity index (χ4n) is 2.22. The van der Waals surface area contributed by atoms with Crippen LogP contribution in [0, 0.1) is 6.26 Å². The van der Waals surface area contributed by atoms with Crippen molar-refractivity contribution >= 4 is 11.0 Å². The quantitative estimate of drug-likeness (QED) is 0.557. The van der Waals surface area contributed by atoms with Crippen molar-refractivity contribution in [2.75, 3.05) is 0 Å². The zero-order valence-corrected chi connectivity index (χ0v) is 11.0. The molecule has 0 spiro atoms. The van der Waals surface area contributed by atoms with Crippen LogP contribution in [0.15, 0.2) is 65.5 Å². The monoisotopic (exact) mass is 272 g/mol. The van der Waals surface area contributed by atoms with Crippen LogP contribution < -0.4 is 0 Å². The first-order valence-corrected chi connectivity index (χ1v) is 6.54. The maximum atomic E-state index is 5.30. The van der Waals surface area contributed by atoms with Gasteiger partial charge in [0.1, 0.15) is 5.76 Å². The van der Waals surface area contributed by atoms with Crippen molar-refractivity contribution in [3.8, 4) is 22.6 Å². The second kappa shape index (κ2) is 4.83. The molecule has 0 aliphatic rings. The van der Waals surface area contributed by atoms with Crippen molar-refractivity contribution in [2.45, 2.75) is 0 Å². The Bertz CT molecular complexity index is 886. The Balaban J connectivity index is 1.86. The SMILES string of the molecule is [c]1ccc(-c2ccc3ncc(-c4ccncc4)nc3c2)o1. The van der Waals surface area contributed by atoms with E-state index >= 15 is 0 Å². The van der Waals surface area contributed by atoms with Crippen molar-refractivity contribution in [1.29, 1.82) is 0 Å². The molecule has 0 N–H and O–H groups in total. The highest BCUT2D eigenvalue weighted by molar-refractivity contribution is 5.81. The van der Waals surface area contributed by atoms with Crippen molar-refractivity contribution in [3.63, 3.8) is 0 Å². The van der Waals surface area contributed by atoms with Crippen LogP contribution >= 0.6 is 0 Å². The number of pyridine rings is 1. The minimum atomic E-state index is 0.771. The van der Waals surface area contributed by atoms with Crippen LogP contribution in [-0.4, -0.2) is 15.0 Å². The molecule has 0 aliphatic heterocycles. The molecule has 3 aromatic heterocycles. The molecule has 0 amide bonds. The average molecular weight is 272 g/mol. The van der Waals surface area contributed by atoms with Gasteiger partial charge in [0.15, 0.2) is 6.26 Å². The Morgan fingerprint density at radius 2 is 1.81 bits per heavy atom. The fraction of sp³-hybridized carbons (Fsp3) is 0. The van der Waals surface area contributed by atoms with Gasteiger partial charge in [0.05, 0.1) is 22.9 Å². The Morgan fingerprint density at radius 3 is 2.62 bits per heavy atom. The van der Waals surface area contributed by atoms with Crippen LogP contribution in [-0.2, 0) is 0 Å². The van der Waals surface area contributed by atoms with Gasteiger partial charge in [-0.2, -0.15) is 0 Å². The molecule has 1 aromatic carbocycles.